The van der Waals surface area contributed by atoms with Gasteiger partial charge in [-0.05, 0) is 25.8 Å². The van der Waals surface area contributed by atoms with Gasteiger partial charge in [0.15, 0.2) is 0 Å². The molecule has 1 unspecified atom stereocenters. The van der Waals surface area contributed by atoms with Crippen LogP contribution in [-0.2, 0) is 4.74 Å². The molecule has 0 aliphatic carbocycles. The maximum Gasteiger partial charge on any atom is 0.0645 e. The van der Waals surface area contributed by atoms with E-state index < -0.39 is 0 Å². The minimum atomic E-state index is 0.441. The Morgan fingerprint density at radius 2 is 2.00 bits per heavy atom. The van der Waals surface area contributed by atoms with Gasteiger partial charge in [0.1, 0.15) is 0 Å². The van der Waals surface area contributed by atoms with Gasteiger partial charge in [0.25, 0.3) is 0 Å². The summed E-state index contributed by atoms with van der Waals surface area (Å²) in [5.74, 6) is 0. The molecule has 2 aliphatic heterocycles. The molecule has 0 aromatic carbocycles. The van der Waals surface area contributed by atoms with Crippen LogP contribution >= 0.6 is 0 Å². The average molecular weight is 170 g/mol. The molecular weight excluding hydrogens is 152 g/mol. The van der Waals surface area contributed by atoms with Crippen molar-refractivity contribution in [3.05, 3.63) is 0 Å². The maximum atomic E-state index is 5.90. The van der Waals surface area contributed by atoms with Crippen molar-refractivity contribution in [2.75, 3.05) is 26.3 Å². The van der Waals surface area contributed by atoms with Crippen molar-refractivity contribution in [2.24, 2.45) is 5.73 Å². The van der Waals surface area contributed by atoms with Gasteiger partial charge >= 0.3 is 0 Å². The highest BCUT2D eigenvalue weighted by Gasteiger charge is 2.27. The van der Waals surface area contributed by atoms with Crippen molar-refractivity contribution in [3.63, 3.8) is 0 Å². The highest BCUT2D eigenvalue weighted by molar-refractivity contribution is 4.81. The fraction of sp³-hybridized carbons (Fsp3) is 1.00. The third kappa shape index (κ3) is 1.79. The number of nitrogens with two attached hydrogens (primary N) is 1. The molecule has 0 spiro atoms. The summed E-state index contributed by atoms with van der Waals surface area (Å²) in [6, 6.07) is 1.14. The summed E-state index contributed by atoms with van der Waals surface area (Å²) < 4.78 is 5.18. The summed E-state index contributed by atoms with van der Waals surface area (Å²) in [5.41, 5.74) is 5.90. The molecule has 3 heteroatoms. The third-order valence-corrected chi connectivity index (χ3v) is 2.94. The first-order chi connectivity index (χ1) is 5.86. The topological polar surface area (TPSA) is 38.5 Å². The Morgan fingerprint density at radius 1 is 1.17 bits per heavy atom. The Labute approximate surface area is 73.9 Å². The van der Waals surface area contributed by atoms with Crippen LogP contribution in [-0.4, -0.2) is 43.3 Å². The molecule has 0 saturated carbocycles. The molecule has 0 bridgehead atoms. The number of likely N-dealkylation sites (tertiary alicyclic amines) is 1. The van der Waals surface area contributed by atoms with Crippen LogP contribution in [0.3, 0.4) is 0 Å². The van der Waals surface area contributed by atoms with Crippen molar-refractivity contribution < 1.29 is 4.74 Å². The Hall–Kier alpha value is -0.120. The summed E-state index contributed by atoms with van der Waals surface area (Å²) in [7, 11) is 0. The van der Waals surface area contributed by atoms with E-state index in [0.717, 1.165) is 19.6 Å². The molecular formula is C9H18N2O. The van der Waals surface area contributed by atoms with Crippen LogP contribution in [0.15, 0.2) is 0 Å². The van der Waals surface area contributed by atoms with Crippen molar-refractivity contribution in [2.45, 2.75) is 31.3 Å². The number of hydrogen-bond donors (Lipinski definition) is 1. The minimum Gasteiger partial charge on any atom is -0.378 e. The van der Waals surface area contributed by atoms with E-state index in [1.54, 1.807) is 0 Å². The molecule has 2 rings (SSSR count). The van der Waals surface area contributed by atoms with E-state index in [1.165, 1.54) is 25.9 Å². The normalized spacial score (nSPS) is 34.2. The van der Waals surface area contributed by atoms with Crippen LogP contribution in [0.2, 0.25) is 0 Å². The molecule has 2 aliphatic rings. The zero-order valence-corrected chi connectivity index (χ0v) is 7.54. The number of ether oxygens (including phenoxy) is 1. The van der Waals surface area contributed by atoms with E-state index in [0.29, 0.717) is 12.1 Å². The van der Waals surface area contributed by atoms with E-state index in [-0.39, 0.29) is 0 Å². The predicted molar refractivity (Wildman–Crippen MR) is 48.0 cm³/mol. The zero-order chi connectivity index (χ0) is 8.39. The van der Waals surface area contributed by atoms with Gasteiger partial charge in [0.05, 0.1) is 19.3 Å². The van der Waals surface area contributed by atoms with Crippen LogP contribution in [0.1, 0.15) is 19.3 Å². The van der Waals surface area contributed by atoms with E-state index in [1.807, 2.05) is 0 Å². The molecule has 12 heavy (non-hydrogen) atoms. The zero-order valence-electron chi connectivity index (χ0n) is 7.54. The lowest BCUT2D eigenvalue weighted by atomic mass is 10.1. The van der Waals surface area contributed by atoms with Crippen LogP contribution in [0.4, 0.5) is 0 Å². The van der Waals surface area contributed by atoms with E-state index >= 15 is 0 Å². The first-order valence-electron chi connectivity index (χ1n) is 4.93. The van der Waals surface area contributed by atoms with Gasteiger partial charge < -0.3 is 10.5 Å². The number of hydrogen-bond acceptors (Lipinski definition) is 3. The number of nitrogens with zero attached hydrogens (tertiary/aromatic N) is 1. The van der Waals surface area contributed by atoms with Crippen LogP contribution < -0.4 is 5.73 Å². The smallest absolute Gasteiger partial charge is 0.0645 e. The highest BCUT2D eigenvalue weighted by atomic mass is 16.5. The third-order valence-electron chi connectivity index (χ3n) is 2.94. The lowest BCUT2D eigenvalue weighted by molar-refractivity contribution is -0.0637. The first kappa shape index (κ1) is 8.48. The van der Waals surface area contributed by atoms with Crippen molar-refractivity contribution in [1.82, 2.24) is 4.90 Å². The molecule has 0 aromatic rings. The molecule has 0 amide bonds. The van der Waals surface area contributed by atoms with Crippen molar-refractivity contribution in [1.29, 1.82) is 0 Å². The Morgan fingerprint density at radius 3 is 2.67 bits per heavy atom. The van der Waals surface area contributed by atoms with Crippen molar-refractivity contribution >= 4 is 0 Å². The quantitative estimate of drug-likeness (QED) is 0.611. The van der Waals surface area contributed by atoms with Crippen LogP contribution in [0.5, 0.6) is 0 Å². The molecule has 2 fully saturated rings. The fourth-order valence-corrected chi connectivity index (χ4v) is 1.94. The van der Waals surface area contributed by atoms with E-state index in [2.05, 4.69) is 4.90 Å². The van der Waals surface area contributed by atoms with Crippen LogP contribution in [0, 0.1) is 0 Å². The monoisotopic (exact) mass is 170 g/mol. The van der Waals surface area contributed by atoms with E-state index in [9.17, 15) is 0 Å². The Bertz CT molecular complexity index is 147. The summed E-state index contributed by atoms with van der Waals surface area (Å²) in [5, 5.41) is 0. The van der Waals surface area contributed by atoms with Gasteiger partial charge in [-0.25, -0.2) is 0 Å². The molecule has 3 nitrogen and oxygen atoms in total. The molecule has 2 N–H and O–H groups in total. The van der Waals surface area contributed by atoms with Gasteiger partial charge in [-0.3, -0.25) is 4.90 Å². The largest absolute Gasteiger partial charge is 0.378 e. The second-order valence-electron chi connectivity index (χ2n) is 3.92. The summed E-state index contributed by atoms with van der Waals surface area (Å²) >= 11 is 0. The summed E-state index contributed by atoms with van der Waals surface area (Å²) in [6.07, 6.45) is 3.62. The van der Waals surface area contributed by atoms with Gasteiger partial charge in [0, 0.05) is 12.6 Å². The predicted octanol–water partition coefficient (Wildman–Crippen LogP) is 0.198. The van der Waals surface area contributed by atoms with Crippen molar-refractivity contribution in [3.8, 4) is 0 Å². The lowest BCUT2D eigenvalue weighted by Gasteiger charge is -2.36. The summed E-state index contributed by atoms with van der Waals surface area (Å²) in [6.45, 7) is 4.28. The average Bonchev–Trinajstić information content (AvgIpc) is 2.12. The van der Waals surface area contributed by atoms with Gasteiger partial charge in [0.2, 0.25) is 0 Å². The van der Waals surface area contributed by atoms with Crippen LogP contribution in [0.25, 0.3) is 0 Å². The fourth-order valence-electron chi connectivity index (χ4n) is 1.94. The molecule has 2 heterocycles. The molecule has 0 aromatic heterocycles. The summed E-state index contributed by atoms with van der Waals surface area (Å²) in [4.78, 5) is 2.54. The lowest BCUT2D eigenvalue weighted by Crippen LogP contribution is -2.49. The first-order valence-corrected chi connectivity index (χ1v) is 4.93. The highest BCUT2D eigenvalue weighted by Crippen LogP contribution is 2.16. The van der Waals surface area contributed by atoms with Gasteiger partial charge in [-0.15, -0.1) is 0 Å². The standard InChI is InChI=1S/C9H18N2O/c10-8-2-1-4-11(5-3-8)9-6-12-7-9/h8-9H,1-7,10H2. The second-order valence-corrected chi connectivity index (χ2v) is 3.92. The second kappa shape index (κ2) is 3.73. The SMILES string of the molecule is NC1CCCN(C2COC2)CC1. The Kier molecular flexibility index (Phi) is 2.63. The Balaban J connectivity index is 1.81. The maximum absolute atomic E-state index is 5.90. The molecule has 0 radical (unpaired) electrons. The van der Waals surface area contributed by atoms with E-state index in [4.69, 9.17) is 10.5 Å². The van der Waals surface area contributed by atoms with Gasteiger partial charge in [-0.1, -0.05) is 0 Å². The molecule has 1 atom stereocenters. The minimum absolute atomic E-state index is 0.441. The molecule has 2 saturated heterocycles. The number of rotatable bonds is 1. The molecule has 70 valence electrons. The van der Waals surface area contributed by atoms with Gasteiger partial charge in [-0.2, -0.15) is 0 Å².